The normalized spacial score (nSPS) is 15.6. The number of fused-ring (bicyclic) bond motifs is 3. The minimum atomic E-state index is 0. The fourth-order valence-electron chi connectivity index (χ4n) is 8.39. The Bertz CT molecular complexity index is 2710. The molecule has 0 bridgehead atoms. The summed E-state index contributed by atoms with van der Waals surface area (Å²) in [4.78, 5) is 4.76. The van der Waals surface area contributed by atoms with E-state index in [4.69, 9.17) is 14.8 Å². The van der Waals surface area contributed by atoms with Gasteiger partial charge in [0.15, 0.2) is 0 Å². The van der Waals surface area contributed by atoms with Crippen LogP contribution in [0.4, 0.5) is 0 Å². The molecule has 1 unspecified atom stereocenters. The molecule has 9 rings (SSSR count). The zero-order chi connectivity index (χ0) is 37.6. The van der Waals surface area contributed by atoms with Gasteiger partial charge in [-0.25, -0.2) is 4.98 Å². The molecule has 280 valence electrons. The fourth-order valence-corrected chi connectivity index (χ4v) is 8.39. The topological polar surface area (TPSA) is 44.9 Å². The first-order valence-corrected chi connectivity index (χ1v) is 19.4. The maximum absolute atomic E-state index is 6.77. The van der Waals surface area contributed by atoms with E-state index < -0.39 is 0 Å². The van der Waals surface area contributed by atoms with Gasteiger partial charge in [0.05, 0.1) is 11.4 Å². The molecule has 6 heteroatoms. The molecule has 1 aliphatic carbocycles. The summed E-state index contributed by atoms with van der Waals surface area (Å²) in [6, 6.07) is 49.7. The first-order chi connectivity index (χ1) is 26.8. The molecule has 8 aromatic rings. The molecule has 0 amide bonds. The summed E-state index contributed by atoms with van der Waals surface area (Å²) in [5, 5.41) is 7.76. The van der Waals surface area contributed by atoms with Crippen molar-refractivity contribution in [2.75, 3.05) is 0 Å². The summed E-state index contributed by atoms with van der Waals surface area (Å²) < 4.78 is 11.1. The quantitative estimate of drug-likeness (QED) is 0.113. The second kappa shape index (κ2) is 15.6. The second-order valence-electron chi connectivity index (χ2n) is 15.3. The van der Waals surface area contributed by atoms with E-state index in [9.17, 15) is 0 Å². The number of hydrogen-bond donors (Lipinski definition) is 0. The van der Waals surface area contributed by atoms with Gasteiger partial charge in [-0.3, -0.25) is 4.68 Å². The molecular weight excluding hydrogens is 868 g/mol. The molecule has 0 radical (unpaired) electrons. The van der Waals surface area contributed by atoms with Crippen molar-refractivity contribution in [3.8, 4) is 45.5 Å². The average molecular weight is 912 g/mol. The van der Waals surface area contributed by atoms with Crippen LogP contribution in [0.1, 0.15) is 69.1 Å². The molecule has 0 saturated carbocycles. The summed E-state index contributed by atoms with van der Waals surface area (Å²) in [6.07, 6.45) is 6.53. The monoisotopic (exact) mass is 911 g/mol. The third-order valence-corrected chi connectivity index (χ3v) is 11.1. The zero-order valence-electron chi connectivity index (χ0n) is 32.4. The summed E-state index contributed by atoms with van der Waals surface area (Å²) in [5.41, 5.74) is 12.1. The predicted octanol–water partition coefficient (Wildman–Crippen LogP) is 13.0. The van der Waals surface area contributed by atoms with Gasteiger partial charge in [0.2, 0.25) is 0 Å². The molecule has 0 fully saturated rings. The van der Waals surface area contributed by atoms with E-state index in [2.05, 4.69) is 171 Å². The predicted molar refractivity (Wildman–Crippen MR) is 224 cm³/mol. The van der Waals surface area contributed by atoms with Crippen molar-refractivity contribution in [1.29, 1.82) is 0 Å². The number of para-hydroxylation sites is 1. The van der Waals surface area contributed by atoms with Crippen LogP contribution in [0.5, 0.6) is 11.5 Å². The van der Waals surface area contributed by atoms with E-state index in [-0.39, 0.29) is 32.9 Å². The van der Waals surface area contributed by atoms with E-state index in [1.807, 2.05) is 18.3 Å². The average Bonchev–Trinajstić information content (AvgIpc) is 3.75. The Kier molecular flexibility index (Phi) is 10.4. The van der Waals surface area contributed by atoms with E-state index in [0.717, 1.165) is 79.8 Å². The van der Waals surface area contributed by atoms with Crippen molar-refractivity contribution >= 4 is 21.8 Å². The van der Waals surface area contributed by atoms with Crippen LogP contribution in [-0.4, -0.2) is 19.3 Å². The van der Waals surface area contributed by atoms with Gasteiger partial charge >= 0.3 is 21.1 Å². The van der Waals surface area contributed by atoms with Crippen molar-refractivity contribution in [2.24, 2.45) is 5.92 Å². The molecule has 0 N–H and O–H groups in total. The largest absolute Gasteiger partial charge is 2.00 e. The molecule has 0 spiro atoms. The van der Waals surface area contributed by atoms with Crippen molar-refractivity contribution in [1.82, 2.24) is 19.3 Å². The molecule has 5 nitrogen and oxygen atoms in total. The maximum atomic E-state index is 6.77. The van der Waals surface area contributed by atoms with E-state index >= 15 is 0 Å². The number of allylic oxidation sites excluding steroid dienone is 2. The van der Waals surface area contributed by atoms with Crippen LogP contribution in [0.25, 0.3) is 55.8 Å². The smallest absolute Gasteiger partial charge is 0.509 e. The van der Waals surface area contributed by atoms with Crippen LogP contribution >= 0.6 is 0 Å². The zero-order valence-corrected chi connectivity index (χ0v) is 34.6. The summed E-state index contributed by atoms with van der Waals surface area (Å²) in [7, 11) is 0. The Morgan fingerprint density at radius 2 is 1.50 bits per heavy atom. The number of rotatable bonds is 8. The Hall–Kier alpha value is -5.51. The standard InChI is InChI=1S/C50H44N4O.Pt/c1-32(2)38-28-39(30-41(29-38)55-40-23-24-43-42-21-12-13-22-44(42)53(45(43)31-40)46-27-33(3)25-26-51-46)54-50(37-19-10-7-11-20-37)48(47-34(4)15-14-16-35(47)5)49(52-54)36-17-8-6-9-18-36;/h6-13,15,17-29,32,35,47H,14,16H2,1-5H3;/q-2;+2/t35-,47?;/m0./s1. The Morgan fingerprint density at radius 1 is 0.768 bits per heavy atom. The van der Waals surface area contributed by atoms with Crippen LogP contribution in [0, 0.1) is 25.0 Å². The van der Waals surface area contributed by atoms with Gasteiger partial charge in [0.25, 0.3) is 0 Å². The van der Waals surface area contributed by atoms with Crippen LogP contribution < -0.4 is 4.74 Å². The number of ether oxygens (including phenoxy) is 1. The maximum Gasteiger partial charge on any atom is 2.00 e. The molecule has 1 aliphatic rings. The number of aromatic nitrogens is 4. The number of pyridine rings is 1. The van der Waals surface area contributed by atoms with Crippen LogP contribution in [0.15, 0.2) is 139 Å². The molecule has 3 aromatic heterocycles. The van der Waals surface area contributed by atoms with Gasteiger partial charge in [-0.05, 0) is 73.4 Å². The van der Waals surface area contributed by atoms with Gasteiger partial charge in [0.1, 0.15) is 5.82 Å². The summed E-state index contributed by atoms with van der Waals surface area (Å²) >= 11 is 0. The van der Waals surface area contributed by atoms with Gasteiger partial charge in [-0.15, -0.1) is 41.3 Å². The van der Waals surface area contributed by atoms with Gasteiger partial charge in [-0.2, -0.15) is 11.2 Å². The van der Waals surface area contributed by atoms with E-state index in [0.29, 0.717) is 17.4 Å². The third kappa shape index (κ3) is 6.83. The van der Waals surface area contributed by atoms with Crippen LogP contribution in [0.3, 0.4) is 0 Å². The van der Waals surface area contributed by atoms with Crippen molar-refractivity contribution in [3.05, 3.63) is 168 Å². The molecule has 56 heavy (non-hydrogen) atoms. The van der Waals surface area contributed by atoms with E-state index in [1.165, 1.54) is 11.1 Å². The Labute approximate surface area is 344 Å². The molecular formula is C50H44N4OPt. The molecule has 2 atom stereocenters. The van der Waals surface area contributed by atoms with E-state index in [1.54, 1.807) is 0 Å². The second-order valence-corrected chi connectivity index (χ2v) is 15.3. The van der Waals surface area contributed by atoms with Gasteiger partial charge in [0, 0.05) is 45.8 Å². The van der Waals surface area contributed by atoms with Gasteiger partial charge < -0.3 is 9.30 Å². The van der Waals surface area contributed by atoms with Gasteiger partial charge in [-0.1, -0.05) is 117 Å². The molecule has 5 aromatic carbocycles. The van der Waals surface area contributed by atoms with Crippen LogP contribution in [-0.2, 0) is 21.1 Å². The molecule has 0 saturated heterocycles. The first-order valence-electron chi connectivity index (χ1n) is 19.4. The summed E-state index contributed by atoms with van der Waals surface area (Å²) in [6.45, 7) is 11.2. The molecule has 3 heterocycles. The van der Waals surface area contributed by atoms with Crippen molar-refractivity contribution in [3.63, 3.8) is 0 Å². The minimum absolute atomic E-state index is 0. The first kappa shape index (κ1) is 37.4. The fraction of sp³-hybridized carbons (Fsp3) is 0.200. The number of benzene rings is 5. The minimum Gasteiger partial charge on any atom is -0.509 e. The SMILES string of the molecule is CC1=CCC[C@H](C)C1c1c(-c2ccccc2)nn(-c2[c-]c(Oc3[c-]c4c(cc3)c3ccccc3n4-c3cc(C)ccn3)cc(C(C)C)c2)c1-c1ccccc1.[Pt+2]. The number of nitrogens with zero attached hydrogens (tertiary/aromatic N) is 4. The van der Waals surface area contributed by atoms with Crippen molar-refractivity contribution in [2.45, 2.75) is 59.3 Å². The third-order valence-electron chi connectivity index (χ3n) is 11.1. The Morgan fingerprint density at radius 3 is 2.23 bits per heavy atom. The van der Waals surface area contributed by atoms with Crippen LogP contribution in [0.2, 0.25) is 0 Å². The van der Waals surface area contributed by atoms with Crippen molar-refractivity contribution < 1.29 is 25.8 Å². The summed E-state index contributed by atoms with van der Waals surface area (Å²) in [5.74, 6) is 3.02. The number of hydrogen-bond acceptors (Lipinski definition) is 3. The molecule has 0 aliphatic heterocycles. The number of aryl methyl sites for hydroxylation is 1. The Balaban J connectivity index is 0.00000441.